The molecule has 0 fully saturated rings. The fourth-order valence-electron chi connectivity index (χ4n) is 1.20. The zero-order valence-corrected chi connectivity index (χ0v) is 9.32. The lowest BCUT2D eigenvalue weighted by Gasteiger charge is -2.05. The Morgan fingerprint density at radius 3 is 2.88 bits per heavy atom. The first-order valence-electron chi connectivity index (χ1n) is 4.91. The third-order valence-electron chi connectivity index (χ3n) is 2.09. The molecule has 16 heavy (non-hydrogen) atoms. The summed E-state index contributed by atoms with van der Waals surface area (Å²) in [5.74, 6) is -0.572. The number of carbonyl (C=O) groups excluding carboxylic acids is 2. The number of aryl methyl sites for hydroxylation is 1. The Morgan fingerprint density at radius 1 is 1.50 bits per heavy atom. The van der Waals surface area contributed by atoms with E-state index in [1.54, 1.807) is 25.3 Å². The maximum atomic E-state index is 11.6. The predicted octanol–water partition coefficient (Wildman–Crippen LogP) is 0.683. The largest absolute Gasteiger partial charge is 0.469 e. The van der Waals surface area contributed by atoms with Crippen LogP contribution in [0.1, 0.15) is 22.5 Å². The Balaban J connectivity index is 2.47. The monoisotopic (exact) mass is 222 g/mol. The molecule has 86 valence electrons. The molecule has 5 nitrogen and oxygen atoms in total. The highest BCUT2D eigenvalue weighted by Crippen LogP contribution is 2.02. The van der Waals surface area contributed by atoms with E-state index >= 15 is 0 Å². The minimum Gasteiger partial charge on any atom is -0.469 e. The summed E-state index contributed by atoms with van der Waals surface area (Å²) < 4.78 is 4.46. The van der Waals surface area contributed by atoms with Crippen molar-refractivity contribution in [1.29, 1.82) is 0 Å². The highest BCUT2D eigenvalue weighted by atomic mass is 16.5. The number of aromatic nitrogens is 1. The van der Waals surface area contributed by atoms with Crippen LogP contribution in [0.25, 0.3) is 0 Å². The molecule has 0 radical (unpaired) electrons. The van der Waals surface area contributed by atoms with Crippen molar-refractivity contribution in [3.05, 3.63) is 29.6 Å². The topological polar surface area (TPSA) is 68.3 Å². The molecule has 0 aromatic carbocycles. The average molecular weight is 222 g/mol. The van der Waals surface area contributed by atoms with Gasteiger partial charge in [0.2, 0.25) is 0 Å². The molecule has 0 saturated heterocycles. The Morgan fingerprint density at radius 2 is 2.25 bits per heavy atom. The van der Waals surface area contributed by atoms with E-state index in [1.807, 2.05) is 0 Å². The van der Waals surface area contributed by atoms with Crippen molar-refractivity contribution in [3.8, 4) is 0 Å². The summed E-state index contributed by atoms with van der Waals surface area (Å²) in [6, 6.07) is 3.39. The predicted molar refractivity (Wildman–Crippen MR) is 57.9 cm³/mol. The van der Waals surface area contributed by atoms with Gasteiger partial charge in [0.1, 0.15) is 0 Å². The fourth-order valence-corrected chi connectivity index (χ4v) is 1.20. The molecule has 0 aliphatic carbocycles. The van der Waals surface area contributed by atoms with Gasteiger partial charge in [0.15, 0.2) is 0 Å². The summed E-state index contributed by atoms with van der Waals surface area (Å²) in [4.78, 5) is 26.5. The van der Waals surface area contributed by atoms with Crippen LogP contribution < -0.4 is 5.32 Å². The van der Waals surface area contributed by atoms with Gasteiger partial charge in [-0.2, -0.15) is 0 Å². The van der Waals surface area contributed by atoms with Crippen molar-refractivity contribution >= 4 is 11.9 Å². The fraction of sp³-hybridized carbons (Fsp3) is 0.364. The summed E-state index contributed by atoms with van der Waals surface area (Å²) in [6.07, 6.45) is 1.79. The smallest absolute Gasteiger partial charge is 0.307 e. The quantitative estimate of drug-likeness (QED) is 0.761. The normalized spacial score (nSPS) is 9.62. The molecular formula is C11H14N2O3. The van der Waals surface area contributed by atoms with Crippen molar-refractivity contribution in [2.24, 2.45) is 0 Å². The van der Waals surface area contributed by atoms with Crippen LogP contribution in [0.4, 0.5) is 0 Å². The van der Waals surface area contributed by atoms with E-state index in [1.165, 1.54) is 7.11 Å². The summed E-state index contributed by atoms with van der Waals surface area (Å²) in [6.45, 7) is 2.02. The Kier molecular flexibility index (Phi) is 4.44. The first kappa shape index (κ1) is 12.2. The van der Waals surface area contributed by atoms with Gasteiger partial charge in [-0.25, -0.2) is 0 Å². The molecule has 0 bridgehead atoms. The molecule has 5 heteroatoms. The molecule has 1 N–H and O–H groups in total. The van der Waals surface area contributed by atoms with Crippen LogP contribution in [-0.4, -0.2) is 30.5 Å². The molecule has 0 unspecified atom stereocenters. The first-order chi connectivity index (χ1) is 7.65. The number of pyridine rings is 1. The molecule has 0 aliphatic rings. The van der Waals surface area contributed by atoms with Crippen LogP contribution >= 0.6 is 0 Å². The van der Waals surface area contributed by atoms with Crippen LogP contribution in [0.2, 0.25) is 0 Å². The van der Waals surface area contributed by atoms with E-state index in [0.29, 0.717) is 11.3 Å². The van der Waals surface area contributed by atoms with Crippen LogP contribution in [0.3, 0.4) is 0 Å². The van der Waals surface area contributed by atoms with Gasteiger partial charge < -0.3 is 10.1 Å². The first-order valence-corrected chi connectivity index (χ1v) is 4.91. The van der Waals surface area contributed by atoms with Crippen molar-refractivity contribution < 1.29 is 14.3 Å². The second-order valence-electron chi connectivity index (χ2n) is 3.22. The second kappa shape index (κ2) is 5.85. The molecule has 0 aliphatic heterocycles. The minimum atomic E-state index is -0.344. The standard InChI is InChI=1S/C11H14N2O3/c1-8-9(4-3-6-12-8)11(15)13-7-5-10(14)16-2/h3-4,6H,5,7H2,1-2H3,(H,13,15). The molecule has 1 amide bonds. The van der Waals surface area contributed by atoms with E-state index in [2.05, 4.69) is 15.0 Å². The van der Waals surface area contributed by atoms with Crippen LogP contribution in [-0.2, 0) is 9.53 Å². The lowest BCUT2D eigenvalue weighted by atomic mass is 10.2. The second-order valence-corrected chi connectivity index (χ2v) is 3.22. The molecule has 0 saturated carbocycles. The van der Waals surface area contributed by atoms with Crippen molar-refractivity contribution in [3.63, 3.8) is 0 Å². The number of nitrogens with one attached hydrogen (secondary N) is 1. The van der Waals surface area contributed by atoms with E-state index in [-0.39, 0.29) is 24.8 Å². The number of amides is 1. The number of hydrogen-bond donors (Lipinski definition) is 1. The number of nitrogens with zero attached hydrogens (tertiary/aromatic N) is 1. The number of ether oxygens (including phenoxy) is 1. The van der Waals surface area contributed by atoms with Crippen LogP contribution in [0.5, 0.6) is 0 Å². The van der Waals surface area contributed by atoms with Crippen molar-refractivity contribution in [1.82, 2.24) is 10.3 Å². The minimum absolute atomic E-state index is 0.168. The van der Waals surface area contributed by atoms with Gasteiger partial charge in [-0.1, -0.05) is 0 Å². The SMILES string of the molecule is COC(=O)CCNC(=O)c1cccnc1C. The van der Waals surface area contributed by atoms with E-state index in [9.17, 15) is 9.59 Å². The number of hydrogen-bond acceptors (Lipinski definition) is 4. The third-order valence-corrected chi connectivity index (χ3v) is 2.09. The van der Waals surface area contributed by atoms with Gasteiger partial charge in [0.25, 0.3) is 5.91 Å². The van der Waals surface area contributed by atoms with Gasteiger partial charge in [-0.3, -0.25) is 14.6 Å². The molecular weight excluding hydrogens is 208 g/mol. The molecule has 1 aromatic heterocycles. The van der Waals surface area contributed by atoms with E-state index < -0.39 is 0 Å². The van der Waals surface area contributed by atoms with Gasteiger partial charge in [0.05, 0.1) is 19.1 Å². The zero-order chi connectivity index (χ0) is 12.0. The molecule has 0 spiro atoms. The lowest BCUT2D eigenvalue weighted by Crippen LogP contribution is -2.27. The molecule has 0 atom stereocenters. The molecule has 1 rings (SSSR count). The lowest BCUT2D eigenvalue weighted by molar-refractivity contribution is -0.140. The van der Waals surface area contributed by atoms with Crippen molar-refractivity contribution in [2.45, 2.75) is 13.3 Å². The maximum Gasteiger partial charge on any atom is 0.307 e. The summed E-state index contributed by atoms with van der Waals surface area (Å²) in [5.41, 5.74) is 1.19. The van der Waals surface area contributed by atoms with Crippen LogP contribution in [0.15, 0.2) is 18.3 Å². The van der Waals surface area contributed by atoms with Crippen molar-refractivity contribution in [2.75, 3.05) is 13.7 Å². The third kappa shape index (κ3) is 3.34. The summed E-state index contributed by atoms with van der Waals surface area (Å²) in [7, 11) is 1.31. The number of rotatable bonds is 4. The Bertz CT molecular complexity index is 391. The number of methoxy groups -OCH3 is 1. The van der Waals surface area contributed by atoms with Gasteiger partial charge in [0, 0.05) is 18.4 Å². The van der Waals surface area contributed by atoms with E-state index in [4.69, 9.17) is 0 Å². The maximum absolute atomic E-state index is 11.6. The Labute approximate surface area is 93.8 Å². The van der Waals surface area contributed by atoms with Gasteiger partial charge >= 0.3 is 5.97 Å². The number of esters is 1. The van der Waals surface area contributed by atoms with E-state index in [0.717, 1.165) is 0 Å². The zero-order valence-electron chi connectivity index (χ0n) is 9.32. The highest BCUT2D eigenvalue weighted by molar-refractivity contribution is 5.95. The van der Waals surface area contributed by atoms with Crippen LogP contribution in [0, 0.1) is 6.92 Å². The Hall–Kier alpha value is -1.91. The van der Waals surface area contributed by atoms with Gasteiger partial charge in [-0.05, 0) is 19.1 Å². The molecule has 1 heterocycles. The summed E-state index contributed by atoms with van der Waals surface area (Å²) in [5, 5.41) is 2.63. The van der Waals surface area contributed by atoms with Gasteiger partial charge in [-0.15, -0.1) is 0 Å². The highest BCUT2D eigenvalue weighted by Gasteiger charge is 2.09. The molecule has 1 aromatic rings. The number of carbonyl (C=O) groups is 2. The average Bonchev–Trinajstić information content (AvgIpc) is 2.29. The summed E-state index contributed by atoms with van der Waals surface area (Å²) >= 11 is 0.